The summed E-state index contributed by atoms with van der Waals surface area (Å²) >= 11 is 0. The molecule has 6 N–H and O–H groups in total. The maximum absolute atomic E-state index is 11.7. The van der Waals surface area contributed by atoms with Crippen molar-refractivity contribution in [2.45, 2.75) is 6.61 Å². The maximum Gasteiger partial charge on any atom is 0.488 e. The molecule has 0 saturated heterocycles. The van der Waals surface area contributed by atoms with Gasteiger partial charge in [0.15, 0.2) is 5.82 Å². The van der Waals surface area contributed by atoms with E-state index in [1.54, 1.807) is 12.1 Å². The predicted octanol–water partition coefficient (Wildman–Crippen LogP) is 0.240. The molecule has 0 fully saturated rings. The minimum absolute atomic E-state index is 0.0413. The van der Waals surface area contributed by atoms with E-state index in [9.17, 15) is 18.6 Å². The summed E-state index contributed by atoms with van der Waals surface area (Å²) in [7, 11) is -15.6. The van der Waals surface area contributed by atoms with Crippen LogP contribution < -0.4 is 5.73 Å². The number of hydrogen-bond donors (Lipinski definition) is 5. The molecule has 0 aliphatic heterocycles. The van der Waals surface area contributed by atoms with Crippen LogP contribution >= 0.6 is 23.2 Å². The molecule has 2 unspecified atom stereocenters. The third-order valence-corrected chi connectivity index (χ3v) is 7.04. The molecule has 0 amide bonds. The second-order valence-electron chi connectivity index (χ2n) is 4.80. The van der Waals surface area contributed by atoms with Gasteiger partial charge in [-0.25, -0.2) is 22.9 Å². The molecule has 2 rings (SSSR count). The molecule has 146 valence electrons. The SMILES string of the molecule is Nc1ncnn2c(COCCP(=O)(O)OP(=O)(O)OP(=O)(O)O)ccc12. The third-order valence-electron chi connectivity index (χ3n) is 2.77. The Kier molecular flexibility index (Phi) is 6.36. The van der Waals surface area contributed by atoms with Gasteiger partial charge in [-0.2, -0.15) is 9.41 Å². The largest absolute Gasteiger partial charge is 0.488 e. The monoisotopic (exact) mass is 432 g/mol. The lowest BCUT2D eigenvalue weighted by Crippen LogP contribution is -2.06. The summed E-state index contributed by atoms with van der Waals surface area (Å²) in [6, 6.07) is 3.29. The van der Waals surface area contributed by atoms with E-state index in [4.69, 9.17) is 25.2 Å². The van der Waals surface area contributed by atoms with E-state index in [1.807, 2.05) is 0 Å². The van der Waals surface area contributed by atoms with Gasteiger partial charge in [0, 0.05) is 0 Å². The number of rotatable bonds is 9. The summed E-state index contributed by atoms with van der Waals surface area (Å²) in [5.41, 5.74) is 6.76. The molecule has 14 nitrogen and oxygen atoms in total. The van der Waals surface area contributed by atoms with Crippen LogP contribution in [0.25, 0.3) is 5.52 Å². The van der Waals surface area contributed by atoms with E-state index in [0.29, 0.717) is 11.2 Å². The molecule has 0 bridgehead atoms. The number of hydrogen-bond acceptors (Lipinski definition) is 9. The second kappa shape index (κ2) is 7.83. The number of aromatic nitrogens is 3. The minimum Gasteiger partial charge on any atom is -0.382 e. The van der Waals surface area contributed by atoms with Crippen molar-refractivity contribution in [2.75, 3.05) is 18.5 Å². The molecule has 0 aromatic carbocycles. The first-order chi connectivity index (χ1) is 11.9. The van der Waals surface area contributed by atoms with Crippen molar-refractivity contribution in [3.8, 4) is 0 Å². The van der Waals surface area contributed by atoms with Crippen molar-refractivity contribution in [1.29, 1.82) is 0 Å². The molecule has 2 aromatic heterocycles. The lowest BCUT2D eigenvalue weighted by molar-refractivity contribution is 0.128. The van der Waals surface area contributed by atoms with Gasteiger partial charge in [0.2, 0.25) is 0 Å². The first-order valence-electron chi connectivity index (χ1n) is 6.66. The summed E-state index contributed by atoms with van der Waals surface area (Å²) < 4.78 is 47.4. The number of fused-ring (bicyclic) bond motifs is 1. The zero-order valence-corrected chi connectivity index (χ0v) is 15.5. The molecule has 0 aliphatic rings. The molecule has 2 heterocycles. The first-order valence-corrected chi connectivity index (χ1v) is 11.5. The molecule has 0 aliphatic carbocycles. The van der Waals surface area contributed by atoms with Crippen LogP contribution in [0, 0.1) is 0 Å². The van der Waals surface area contributed by atoms with Gasteiger partial charge in [0.1, 0.15) is 11.8 Å². The Hall–Kier alpha value is -1.17. The molecule has 2 aromatic rings. The first kappa shape index (κ1) is 21.1. The highest BCUT2D eigenvalue weighted by atomic mass is 31.3. The van der Waals surface area contributed by atoms with Gasteiger partial charge in [-0.05, 0) is 12.1 Å². The summed E-state index contributed by atoms with van der Waals surface area (Å²) in [6.45, 7) is -0.419. The van der Waals surface area contributed by atoms with Gasteiger partial charge >= 0.3 is 23.2 Å². The Morgan fingerprint density at radius 1 is 1.12 bits per heavy atom. The highest BCUT2D eigenvalue weighted by molar-refractivity contribution is 7.68. The van der Waals surface area contributed by atoms with Crippen LogP contribution in [0.1, 0.15) is 5.69 Å². The number of nitrogens with two attached hydrogens (primary N) is 1. The number of phosphoric acid groups is 2. The van der Waals surface area contributed by atoms with Gasteiger partial charge in [0.05, 0.1) is 25.1 Å². The molecular formula is C9H15N4O10P3. The summed E-state index contributed by atoms with van der Waals surface area (Å²) in [5, 5.41) is 3.97. The van der Waals surface area contributed by atoms with Gasteiger partial charge in [-0.15, -0.1) is 0 Å². The van der Waals surface area contributed by atoms with Crippen LogP contribution in [0.4, 0.5) is 5.82 Å². The van der Waals surface area contributed by atoms with Crippen LogP contribution in [0.15, 0.2) is 18.5 Å². The summed E-state index contributed by atoms with van der Waals surface area (Å²) in [4.78, 5) is 39.2. The summed E-state index contributed by atoms with van der Waals surface area (Å²) in [6.07, 6.45) is 0.504. The fourth-order valence-electron chi connectivity index (χ4n) is 1.82. The van der Waals surface area contributed by atoms with Crippen molar-refractivity contribution < 1.29 is 46.6 Å². The number of nitrogens with zero attached hydrogens (tertiary/aromatic N) is 3. The average molecular weight is 432 g/mol. The van der Waals surface area contributed by atoms with Gasteiger partial charge < -0.3 is 30.0 Å². The highest BCUT2D eigenvalue weighted by Crippen LogP contribution is 2.65. The third kappa shape index (κ3) is 6.22. The predicted molar refractivity (Wildman–Crippen MR) is 85.8 cm³/mol. The Bertz CT molecular complexity index is 926. The smallest absolute Gasteiger partial charge is 0.382 e. The van der Waals surface area contributed by atoms with Crippen molar-refractivity contribution in [3.63, 3.8) is 0 Å². The molecule has 17 heteroatoms. The molecule has 2 atom stereocenters. The Labute approximate surface area is 145 Å². The van der Waals surface area contributed by atoms with Crippen molar-refractivity contribution in [2.24, 2.45) is 0 Å². The zero-order valence-electron chi connectivity index (χ0n) is 12.9. The van der Waals surface area contributed by atoms with E-state index in [0.717, 1.165) is 0 Å². The van der Waals surface area contributed by atoms with Crippen molar-refractivity contribution in [1.82, 2.24) is 14.6 Å². The van der Waals surface area contributed by atoms with Gasteiger partial charge in [-0.3, -0.25) is 4.57 Å². The Morgan fingerprint density at radius 2 is 1.81 bits per heavy atom. The lowest BCUT2D eigenvalue weighted by Gasteiger charge is -2.16. The van der Waals surface area contributed by atoms with Crippen LogP contribution in [0.2, 0.25) is 0 Å². The minimum atomic E-state index is -5.44. The fourth-order valence-corrected chi connectivity index (χ4v) is 5.26. The standard InChI is InChI=1S/C9H15N4O10P3/c10-9-8-2-1-7(13(8)12-6-11-9)5-21-3-4-24(14,15)22-26(19,20)23-25(16,17)18/h1-2,6H,3-5H2,(H,14,15)(H,19,20)(H2,10,11,12)(H2,16,17,18). The Balaban J connectivity index is 1.88. The van der Waals surface area contributed by atoms with Gasteiger partial charge in [0.25, 0.3) is 0 Å². The summed E-state index contributed by atoms with van der Waals surface area (Å²) in [5.74, 6) is 0.253. The fraction of sp³-hybridized carbons (Fsp3) is 0.333. The van der Waals surface area contributed by atoms with Gasteiger partial charge in [-0.1, -0.05) is 0 Å². The van der Waals surface area contributed by atoms with Crippen LogP contribution in [-0.4, -0.2) is 46.9 Å². The van der Waals surface area contributed by atoms with Crippen molar-refractivity contribution in [3.05, 3.63) is 24.2 Å². The zero-order chi connectivity index (χ0) is 19.6. The van der Waals surface area contributed by atoms with E-state index in [1.165, 1.54) is 10.8 Å². The van der Waals surface area contributed by atoms with Crippen LogP contribution in [-0.2, 0) is 33.7 Å². The normalized spacial score (nSPS) is 17.1. The topological polar surface area (TPSA) is 216 Å². The number of anilines is 1. The van der Waals surface area contributed by atoms with Crippen LogP contribution in [0.3, 0.4) is 0 Å². The molecule has 0 radical (unpaired) electrons. The van der Waals surface area contributed by atoms with Crippen molar-refractivity contribution >= 4 is 34.6 Å². The van der Waals surface area contributed by atoms with E-state index >= 15 is 0 Å². The number of nitrogen functional groups attached to an aromatic ring is 1. The molecule has 26 heavy (non-hydrogen) atoms. The molecule has 0 saturated carbocycles. The highest BCUT2D eigenvalue weighted by Gasteiger charge is 2.39. The number of ether oxygens (including phenoxy) is 1. The van der Waals surface area contributed by atoms with E-state index in [-0.39, 0.29) is 19.0 Å². The molecule has 0 spiro atoms. The quantitative estimate of drug-likeness (QED) is 0.265. The van der Waals surface area contributed by atoms with E-state index in [2.05, 4.69) is 18.7 Å². The molecular weight excluding hydrogens is 417 g/mol. The van der Waals surface area contributed by atoms with Crippen LogP contribution in [0.5, 0.6) is 0 Å². The maximum atomic E-state index is 11.7. The second-order valence-corrected chi connectivity index (χ2v) is 9.75. The lowest BCUT2D eigenvalue weighted by atomic mass is 10.4. The van der Waals surface area contributed by atoms with E-state index < -0.39 is 29.4 Å². The Morgan fingerprint density at radius 3 is 2.46 bits per heavy atom. The average Bonchev–Trinajstić information content (AvgIpc) is 2.84.